The summed E-state index contributed by atoms with van der Waals surface area (Å²) in [5.41, 5.74) is 2.09. The molecule has 0 N–H and O–H groups in total. The maximum Gasteiger partial charge on any atom is 0.0912 e. The van der Waals surface area contributed by atoms with Gasteiger partial charge in [0.1, 0.15) is 0 Å². The predicted molar refractivity (Wildman–Crippen MR) is 51.2 cm³/mol. The standard InChI is InChI=1S/C11H9N/c1-2-10-5-3-6-11(9-10)7-4-8-12/h2-7,9H,1H2/b7-4+. The first kappa shape index (κ1) is 8.29. The van der Waals surface area contributed by atoms with E-state index in [2.05, 4.69) is 6.58 Å². The van der Waals surface area contributed by atoms with Gasteiger partial charge in [-0.25, -0.2) is 0 Å². The maximum atomic E-state index is 8.30. The molecule has 0 atom stereocenters. The molecular formula is C11H9N. The summed E-state index contributed by atoms with van der Waals surface area (Å²) in [6, 6.07) is 9.77. The van der Waals surface area contributed by atoms with Gasteiger partial charge in [0.25, 0.3) is 0 Å². The monoisotopic (exact) mass is 155 g/mol. The van der Waals surface area contributed by atoms with E-state index in [9.17, 15) is 0 Å². The van der Waals surface area contributed by atoms with Crippen LogP contribution in [0.4, 0.5) is 0 Å². The molecular weight excluding hydrogens is 146 g/mol. The molecule has 0 aliphatic heterocycles. The summed E-state index contributed by atoms with van der Waals surface area (Å²) in [7, 11) is 0. The molecule has 1 heteroatoms. The van der Waals surface area contributed by atoms with Gasteiger partial charge in [-0.2, -0.15) is 5.26 Å². The second-order valence-electron chi connectivity index (χ2n) is 2.34. The van der Waals surface area contributed by atoms with E-state index in [4.69, 9.17) is 5.26 Å². The van der Waals surface area contributed by atoms with E-state index in [0.29, 0.717) is 0 Å². The summed E-state index contributed by atoms with van der Waals surface area (Å²) in [4.78, 5) is 0. The molecule has 0 aromatic heterocycles. The Morgan fingerprint density at radius 3 is 2.75 bits per heavy atom. The third-order valence-electron chi connectivity index (χ3n) is 1.50. The molecule has 58 valence electrons. The lowest BCUT2D eigenvalue weighted by molar-refractivity contribution is 1.53. The number of hydrogen-bond acceptors (Lipinski definition) is 1. The van der Waals surface area contributed by atoms with Gasteiger partial charge < -0.3 is 0 Å². The molecule has 0 bridgehead atoms. The van der Waals surface area contributed by atoms with Crippen LogP contribution in [0.2, 0.25) is 0 Å². The Kier molecular flexibility index (Phi) is 2.87. The van der Waals surface area contributed by atoms with Gasteiger partial charge in [-0.3, -0.25) is 0 Å². The van der Waals surface area contributed by atoms with Gasteiger partial charge in [0.15, 0.2) is 0 Å². The van der Waals surface area contributed by atoms with E-state index < -0.39 is 0 Å². The number of hydrogen-bond donors (Lipinski definition) is 0. The molecule has 0 saturated heterocycles. The van der Waals surface area contributed by atoms with Crippen molar-refractivity contribution in [2.24, 2.45) is 0 Å². The Bertz CT molecular complexity index is 342. The summed E-state index contributed by atoms with van der Waals surface area (Å²) in [6.07, 6.45) is 5.01. The maximum absolute atomic E-state index is 8.30. The van der Waals surface area contributed by atoms with Crippen LogP contribution in [0.5, 0.6) is 0 Å². The molecule has 1 aromatic carbocycles. The highest BCUT2D eigenvalue weighted by Gasteiger charge is 1.86. The average molecular weight is 155 g/mol. The SMILES string of the molecule is C=Cc1cccc(/C=C/C#N)c1. The molecule has 1 nitrogen and oxygen atoms in total. The highest BCUT2D eigenvalue weighted by molar-refractivity contribution is 5.57. The van der Waals surface area contributed by atoms with Crippen LogP contribution in [0.3, 0.4) is 0 Å². The lowest BCUT2D eigenvalue weighted by Gasteiger charge is -1.94. The van der Waals surface area contributed by atoms with Crippen molar-refractivity contribution in [2.45, 2.75) is 0 Å². The van der Waals surface area contributed by atoms with Crippen molar-refractivity contribution in [3.63, 3.8) is 0 Å². The first-order valence-electron chi connectivity index (χ1n) is 3.65. The molecule has 12 heavy (non-hydrogen) atoms. The van der Waals surface area contributed by atoms with E-state index in [1.54, 1.807) is 12.2 Å². The molecule has 0 aliphatic rings. The molecule has 0 unspecified atom stereocenters. The topological polar surface area (TPSA) is 23.8 Å². The van der Waals surface area contributed by atoms with Crippen molar-refractivity contribution >= 4 is 12.2 Å². The lowest BCUT2D eigenvalue weighted by atomic mass is 10.1. The highest BCUT2D eigenvalue weighted by atomic mass is 14.2. The molecule has 0 aliphatic carbocycles. The van der Waals surface area contributed by atoms with Crippen LogP contribution < -0.4 is 0 Å². The quantitative estimate of drug-likeness (QED) is 0.602. The van der Waals surface area contributed by atoms with Crippen LogP contribution in [-0.4, -0.2) is 0 Å². The summed E-state index contributed by atoms with van der Waals surface area (Å²) in [5, 5.41) is 8.30. The second-order valence-corrected chi connectivity index (χ2v) is 2.34. The molecule has 0 spiro atoms. The van der Waals surface area contributed by atoms with Crippen LogP contribution >= 0.6 is 0 Å². The molecule has 0 heterocycles. The first-order valence-corrected chi connectivity index (χ1v) is 3.65. The van der Waals surface area contributed by atoms with Crippen molar-refractivity contribution < 1.29 is 0 Å². The Balaban J connectivity index is 2.95. The smallest absolute Gasteiger partial charge is 0.0912 e. The Morgan fingerprint density at radius 2 is 2.08 bits per heavy atom. The number of nitrogens with zero attached hydrogens (tertiary/aromatic N) is 1. The van der Waals surface area contributed by atoms with E-state index >= 15 is 0 Å². The largest absolute Gasteiger partial charge is 0.193 e. The van der Waals surface area contributed by atoms with Crippen molar-refractivity contribution in [1.29, 1.82) is 5.26 Å². The second kappa shape index (κ2) is 4.15. The zero-order chi connectivity index (χ0) is 8.81. The first-order chi connectivity index (χ1) is 5.86. The Morgan fingerprint density at radius 1 is 1.33 bits per heavy atom. The van der Waals surface area contributed by atoms with E-state index in [0.717, 1.165) is 11.1 Å². The molecule has 0 amide bonds. The van der Waals surface area contributed by atoms with Crippen LogP contribution in [0.15, 0.2) is 36.9 Å². The van der Waals surface area contributed by atoms with Crippen molar-refractivity contribution in [1.82, 2.24) is 0 Å². The fourth-order valence-electron chi connectivity index (χ4n) is 0.923. The molecule has 1 aromatic rings. The van der Waals surface area contributed by atoms with Crippen molar-refractivity contribution in [2.75, 3.05) is 0 Å². The Labute approximate surface area is 72.3 Å². The van der Waals surface area contributed by atoms with Crippen LogP contribution in [0.25, 0.3) is 12.2 Å². The highest BCUT2D eigenvalue weighted by Crippen LogP contribution is 2.07. The summed E-state index contributed by atoms with van der Waals surface area (Å²) in [5.74, 6) is 0. The number of benzene rings is 1. The van der Waals surface area contributed by atoms with Gasteiger partial charge in [0, 0.05) is 6.08 Å². The van der Waals surface area contributed by atoms with Gasteiger partial charge in [-0.1, -0.05) is 30.9 Å². The van der Waals surface area contributed by atoms with Gasteiger partial charge in [-0.15, -0.1) is 0 Å². The van der Waals surface area contributed by atoms with E-state index in [-0.39, 0.29) is 0 Å². The van der Waals surface area contributed by atoms with Gasteiger partial charge in [-0.05, 0) is 23.3 Å². The number of rotatable bonds is 2. The third kappa shape index (κ3) is 2.10. The average Bonchev–Trinajstić information content (AvgIpc) is 2.15. The van der Waals surface area contributed by atoms with E-state index in [1.807, 2.05) is 30.3 Å². The van der Waals surface area contributed by atoms with Crippen LogP contribution in [0.1, 0.15) is 11.1 Å². The van der Waals surface area contributed by atoms with Gasteiger partial charge in [0.05, 0.1) is 6.07 Å². The van der Waals surface area contributed by atoms with Crippen LogP contribution in [-0.2, 0) is 0 Å². The molecule has 0 radical (unpaired) electrons. The fraction of sp³-hybridized carbons (Fsp3) is 0. The number of allylic oxidation sites excluding steroid dienone is 1. The minimum atomic E-state index is 1.02. The van der Waals surface area contributed by atoms with Crippen LogP contribution in [0, 0.1) is 11.3 Å². The zero-order valence-corrected chi connectivity index (χ0v) is 6.70. The van der Waals surface area contributed by atoms with Crippen molar-refractivity contribution in [3.05, 3.63) is 48.0 Å². The summed E-state index contributed by atoms with van der Waals surface area (Å²) in [6.45, 7) is 3.66. The number of nitriles is 1. The fourth-order valence-corrected chi connectivity index (χ4v) is 0.923. The summed E-state index contributed by atoms with van der Waals surface area (Å²) >= 11 is 0. The minimum Gasteiger partial charge on any atom is -0.193 e. The van der Waals surface area contributed by atoms with Gasteiger partial charge >= 0.3 is 0 Å². The molecule has 0 saturated carbocycles. The predicted octanol–water partition coefficient (Wildman–Crippen LogP) is 2.87. The Hall–Kier alpha value is -1.81. The zero-order valence-electron chi connectivity index (χ0n) is 6.70. The summed E-state index contributed by atoms with van der Waals surface area (Å²) < 4.78 is 0. The molecule has 1 rings (SSSR count). The third-order valence-corrected chi connectivity index (χ3v) is 1.50. The van der Waals surface area contributed by atoms with Gasteiger partial charge in [0.2, 0.25) is 0 Å². The minimum absolute atomic E-state index is 1.02. The van der Waals surface area contributed by atoms with Crippen molar-refractivity contribution in [3.8, 4) is 6.07 Å². The van der Waals surface area contributed by atoms with E-state index in [1.165, 1.54) is 6.08 Å². The normalized spacial score (nSPS) is 9.58. The lowest BCUT2D eigenvalue weighted by Crippen LogP contribution is -1.73. The molecule has 0 fully saturated rings.